The third kappa shape index (κ3) is 6.59. The van der Waals surface area contributed by atoms with Crippen LogP contribution in [0.1, 0.15) is 26.7 Å². The van der Waals surface area contributed by atoms with Crippen molar-refractivity contribution in [3.63, 3.8) is 0 Å². The first kappa shape index (κ1) is 23.0. The maximum atomic E-state index is 12.5. The number of rotatable bonds is 10. The van der Waals surface area contributed by atoms with Gasteiger partial charge in [-0.3, -0.25) is 0 Å². The lowest BCUT2D eigenvalue weighted by atomic mass is 10.5. The summed E-state index contributed by atoms with van der Waals surface area (Å²) in [6.07, 6.45) is 0.0151. The molecular weight excluding hydrogens is 374 g/mol. The molecule has 0 unspecified atom stereocenters. The molecule has 0 atom stereocenters. The topological polar surface area (TPSA) is 143 Å². The molecule has 0 aliphatic rings. The molecular formula is C16H27N5O7. The standard InChI is InChI=1S/C16H27N5O7/c1-4-10-27-12(22)17-6-8-20-14(24)19(3)15(25)21(16(20)26)9-7-18-13(23)28-11-5-2/h4-11H2,1-3H3,(H,17,22)(H,18,23). The van der Waals surface area contributed by atoms with Gasteiger partial charge >= 0.3 is 29.3 Å². The molecule has 2 N–H and O–H groups in total. The van der Waals surface area contributed by atoms with Gasteiger partial charge in [0.05, 0.1) is 13.2 Å². The van der Waals surface area contributed by atoms with Gasteiger partial charge in [-0.05, 0) is 12.8 Å². The number of alkyl carbamates (subject to hydrolysis) is 2. The maximum Gasteiger partial charge on any atom is 0.407 e. The van der Waals surface area contributed by atoms with Gasteiger partial charge in [0.1, 0.15) is 0 Å². The molecule has 12 nitrogen and oxygen atoms in total. The van der Waals surface area contributed by atoms with Crippen LogP contribution in [0.4, 0.5) is 9.59 Å². The zero-order valence-corrected chi connectivity index (χ0v) is 16.4. The molecule has 1 aromatic rings. The predicted octanol–water partition coefficient (Wildman–Crippen LogP) is -1.02. The fourth-order valence-electron chi connectivity index (χ4n) is 2.17. The van der Waals surface area contributed by atoms with Crippen LogP contribution >= 0.6 is 0 Å². The number of hydrogen-bond acceptors (Lipinski definition) is 7. The number of carbonyl (C=O) groups is 2. The summed E-state index contributed by atoms with van der Waals surface area (Å²) in [6.45, 7) is 3.86. The van der Waals surface area contributed by atoms with Crippen LogP contribution in [0.3, 0.4) is 0 Å². The number of carbonyl (C=O) groups excluding carboxylic acids is 2. The average Bonchev–Trinajstić information content (AvgIpc) is 2.68. The Morgan fingerprint density at radius 3 is 1.54 bits per heavy atom. The molecule has 0 aromatic carbocycles. The van der Waals surface area contributed by atoms with Crippen LogP contribution in [0.15, 0.2) is 14.4 Å². The minimum atomic E-state index is -0.833. The highest BCUT2D eigenvalue weighted by Gasteiger charge is 2.14. The molecule has 1 aromatic heterocycles. The Balaban J connectivity index is 2.83. The van der Waals surface area contributed by atoms with E-state index in [4.69, 9.17) is 9.47 Å². The molecule has 0 bridgehead atoms. The Kier molecular flexibility index (Phi) is 9.54. The summed E-state index contributed by atoms with van der Waals surface area (Å²) in [7, 11) is 1.24. The number of hydrogen-bond donors (Lipinski definition) is 2. The second-order valence-electron chi connectivity index (χ2n) is 5.84. The summed E-state index contributed by atoms with van der Waals surface area (Å²) < 4.78 is 12.1. The van der Waals surface area contributed by atoms with Crippen LogP contribution in [0.25, 0.3) is 0 Å². The van der Waals surface area contributed by atoms with Crippen molar-refractivity contribution in [1.82, 2.24) is 24.3 Å². The van der Waals surface area contributed by atoms with Crippen molar-refractivity contribution in [2.75, 3.05) is 26.3 Å². The van der Waals surface area contributed by atoms with E-state index in [0.717, 1.165) is 13.7 Å². The number of aromatic nitrogens is 3. The van der Waals surface area contributed by atoms with E-state index in [0.29, 0.717) is 12.8 Å². The average molecular weight is 401 g/mol. The molecule has 0 fully saturated rings. The van der Waals surface area contributed by atoms with E-state index in [1.54, 1.807) is 0 Å². The fraction of sp³-hybridized carbons (Fsp3) is 0.688. The van der Waals surface area contributed by atoms with Crippen molar-refractivity contribution in [2.45, 2.75) is 39.8 Å². The number of ether oxygens (including phenoxy) is 2. The van der Waals surface area contributed by atoms with Crippen molar-refractivity contribution in [3.8, 4) is 0 Å². The minimum absolute atomic E-state index is 0.0303. The maximum absolute atomic E-state index is 12.5. The molecule has 1 heterocycles. The lowest BCUT2D eigenvalue weighted by molar-refractivity contribution is 0.145. The quantitative estimate of drug-likeness (QED) is 0.511. The molecule has 0 radical (unpaired) electrons. The molecule has 0 saturated carbocycles. The normalized spacial score (nSPS) is 10.4. The van der Waals surface area contributed by atoms with Crippen molar-refractivity contribution in [3.05, 3.63) is 31.5 Å². The van der Waals surface area contributed by atoms with Crippen LogP contribution in [0, 0.1) is 0 Å². The fourth-order valence-corrected chi connectivity index (χ4v) is 2.17. The van der Waals surface area contributed by atoms with Crippen LogP contribution in [0.5, 0.6) is 0 Å². The van der Waals surface area contributed by atoms with Gasteiger partial charge in [-0.1, -0.05) is 13.8 Å². The van der Waals surface area contributed by atoms with Crippen molar-refractivity contribution < 1.29 is 19.1 Å². The Labute approximate surface area is 161 Å². The first-order valence-electron chi connectivity index (χ1n) is 9.05. The van der Waals surface area contributed by atoms with Gasteiger partial charge in [0, 0.05) is 33.2 Å². The van der Waals surface area contributed by atoms with Gasteiger partial charge in [0.25, 0.3) is 0 Å². The number of nitrogens with zero attached hydrogens (tertiary/aromatic N) is 3. The zero-order valence-electron chi connectivity index (χ0n) is 16.4. The van der Waals surface area contributed by atoms with E-state index >= 15 is 0 Å². The number of amides is 2. The van der Waals surface area contributed by atoms with Gasteiger partial charge in [-0.25, -0.2) is 37.7 Å². The van der Waals surface area contributed by atoms with E-state index in [-0.39, 0.29) is 39.4 Å². The van der Waals surface area contributed by atoms with Gasteiger partial charge in [-0.2, -0.15) is 0 Å². The zero-order chi connectivity index (χ0) is 21.1. The van der Waals surface area contributed by atoms with Gasteiger partial charge in [0.2, 0.25) is 0 Å². The summed E-state index contributed by atoms with van der Waals surface area (Å²) in [5.41, 5.74) is -2.43. The molecule has 0 saturated heterocycles. The summed E-state index contributed by atoms with van der Waals surface area (Å²) in [6, 6.07) is 0. The van der Waals surface area contributed by atoms with Crippen LogP contribution in [-0.2, 0) is 29.6 Å². The predicted molar refractivity (Wildman–Crippen MR) is 99.5 cm³/mol. The monoisotopic (exact) mass is 401 g/mol. The smallest absolute Gasteiger partial charge is 0.407 e. The van der Waals surface area contributed by atoms with Crippen LogP contribution in [0.2, 0.25) is 0 Å². The highest BCUT2D eigenvalue weighted by molar-refractivity contribution is 5.67. The third-order valence-electron chi connectivity index (χ3n) is 3.58. The van der Waals surface area contributed by atoms with E-state index in [1.807, 2.05) is 13.8 Å². The van der Waals surface area contributed by atoms with E-state index in [1.165, 1.54) is 7.05 Å². The molecule has 12 heteroatoms. The minimum Gasteiger partial charge on any atom is -0.450 e. The SMILES string of the molecule is CCCOC(=O)NCCn1c(=O)n(C)c(=O)n(CCNC(=O)OCCC)c1=O. The van der Waals surface area contributed by atoms with Gasteiger partial charge in [-0.15, -0.1) is 0 Å². The molecule has 2 amide bonds. The lowest BCUT2D eigenvalue weighted by Crippen LogP contribution is -2.55. The Hall–Kier alpha value is -3.05. The second kappa shape index (κ2) is 11.6. The molecule has 28 heavy (non-hydrogen) atoms. The van der Waals surface area contributed by atoms with Crippen molar-refractivity contribution in [1.29, 1.82) is 0 Å². The summed E-state index contributed by atoms with van der Waals surface area (Å²) in [4.78, 5) is 59.7. The van der Waals surface area contributed by atoms with E-state index in [2.05, 4.69) is 10.6 Å². The highest BCUT2D eigenvalue weighted by atomic mass is 16.6. The first-order chi connectivity index (χ1) is 13.3. The lowest BCUT2D eigenvalue weighted by Gasteiger charge is -2.12. The van der Waals surface area contributed by atoms with Crippen molar-refractivity contribution in [2.24, 2.45) is 7.05 Å². The van der Waals surface area contributed by atoms with Gasteiger partial charge in [0.15, 0.2) is 0 Å². The largest absolute Gasteiger partial charge is 0.450 e. The highest BCUT2D eigenvalue weighted by Crippen LogP contribution is 1.83. The number of nitrogens with one attached hydrogen (secondary N) is 2. The van der Waals surface area contributed by atoms with Crippen LogP contribution in [-0.4, -0.2) is 52.2 Å². The summed E-state index contributed by atoms with van der Waals surface area (Å²) in [5.74, 6) is 0. The van der Waals surface area contributed by atoms with Gasteiger partial charge < -0.3 is 20.1 Å². The second-order valence-corrected chi connectivity index (χ2v) is 5.84. The third-order valence-corrected chi connectivity index (χ3v) is 3.58. The Morgan fingerprint density at radius 1 is 0.786 bits per heavy atom. The van der Waals surface area contributed by atoms with E-state index < -0.39 is 29.3 Å². The first-order valence-corrected chi connectivity index (χ1v) is 9.05. The summed E-state index contributed by atoms with van der Waals surface area (Å²) >= 11 is 0. The Morgan fingerprint density at radius 2 is 1.18 bits per heavy atom. The molecule has 1 rings (SSSR count). The van der Waals surface area contributed by atoms with Crippen molar-refractivity contribution >= 4 is 12.2 Å². The summed E-state index contributed by atoms with van der Waals surface area (Å²) in [5, 5.41) is 4.84. The Bertz CT molecular complexity index is 775. The molecule has 0 spiro atoms. The molecule has 0 aliphatic carbocycles. The van der Waals surface area contributed by atoms with E-state index in [9.17, 15) is 24.0 Å². The van der Waals surface area contributed by atoms with Crippen LogP contribution < -0.4 is 27.7 Å². The molecule has 158 valence electrons. The molecule has 0 aliphatic heterocycles.